The molecule has 7 heteroatoms. The number of benzene rings is 3. The Labute approximate surface area is 242 Å². The summed E-state index contributed by atoms with van der Waals surface area (Å²) in [5.41, 5.74) is 9.78. The van der Waals surface area contributed by atoms with Gasteiger partial charge in [-0.3, -0.25) is 15.1 Å². The van der Waals surface area contributed by atoms with Crippen molar-refractivity contribution in [2.24, 2.45) is 5.73 Å². The maximum Gasteiger partial charge on any atom is 0.277 e. The zero-order valence-corrected chi connectivity index (χ0v) is 24.2. The third-order valence-corrected chi connectivity index (χ3v) is 8.29. The summed E-state index contributed by atoms with van der Waals surface area (Å²) in [6.45, 7) is 6.85. The van der Waals surface area contributed by atoms with Gasteiger partial charge in [-0.15, -0.1) is 0 Å². The van der Waals surface area contributed by atoms with Crippen LogP contribution in [0, 0.1) is 5.41 Å². The summed E-state index contributed by atoms with van der Waals surface area (Å²) in [5.74, 6) is 0.668. The lowest BCUT2D eigenvalue weighted by Crippen LogP contribution is -2.44. The van der Waals surface area contributed by atoms with Gasteiger partial charge in [0.15, 0.2) is 0 Å². The highest BCUT2D eigenvalue weighted by atomic mass is 16.5. The molecule has 0 unspecified atom stereocenters. The van der Waals surface area contributed by atoms with Crippen molar-refractivity contribution < 1.29 is 4.74 Å². The molecule has 4 aromatic rings. The number of hydrogen-bond donors (Lipinski definition) is 2. The van der Waals surface area contributed by atoms with E-state index in [-0.39, 0.29) is 11.4 Å². The number of hydrogen-bond acceptors (Lipinski definition) is 5. The molecule has 0 saturated carbocycles. The summed E-state index contributed by atoms with van der Waals surface area (Å²) >= 11 is 0. The van der Waals surface area contributed by atoms with E-state index in [1.807, 2.05) is 65.2 Å². The molecule has 2 heterocycles. The average molecular weight is 552 g/mol. The second kappa shape index (κ2) is 13.1. The number of nitrogens with two attached hydrogens (primary N) is 1. The van der Waals surface area contributed by atoms with Gasteiger partial charge in [0.2, 0.25) is 0 Å². The molecule has 1 fully saturated rings. The number of piperidine rings is 1. The van der Waals surface area contributed by atoms with Gasteiger partial charge in [-0.2, -0.15) is 0 Å². The van der Waals surface area contributed by atoms with Crippen LogP contribution in [-0.2, 0) is 13.2 Å². The number of ether oxygens (including phenoxy) is 1. The summed E-state index contributed by atoms with van der Waals surface area (Å²) in [6.07, 6.45) is 6.95. The third-order valence-electron chi connectivity index (χ3n) is 8.29. The molecule has 0 bridgehead atoms. The lowest BCUT2D eigenvalue weighted by molar-refractivity contribution is 0.101. The summed E-state index contributed by atoms with van der Waals surface area (Å²) in [6, 6.07) is 24.3. The Hall–Kier alpha value is -3.97. The van der Waals surface area contributed by atoms with Crippen molar-refractivity contribution >= 4 is 16.9 Å². The van der Waals surface area contributed by atoms with E-state index in [1.165, 1.54) is 19.3 Å². The Morgan fingerprint density at radius 1 is 0.951 bits per heavy atom. The van der Waals surface area contributed by atoms with E-state index in [1.54, 1.807) is 12.1 Å². The quantitative estimate of drug-likeness (QED) is 0.128. The van der Waals surface area contributed by atoms with Crippen molar-refractivity contribution in [1.29, 1.82) is 5.41 Å². The van der Waals surface area contributed by atoms with Crippen LogP contribution in [-0.4, -0.2) is 38.9 Å². The van der Waals surface area contributed by atoms with Crippen LogP contribution in [0.4, 0.5) is 0 Å². The first kappa shape index (κ1) is 28.6. The van der Waals surface area contributed by atoms with E-state index in [0.717, 1.165) is 42.4 Å². The average Bonchev–Trinajstić information content (AvgIpc) is 2.98. The molecule has 1 aliphatic heterocycles. The van der Waals surface area contributed by atoms with E-state index in [0.29, 0.717) is 47.8 Å². The Bertz CT molecular complexity index is 1540. The van der Waals surface area contributed by atoms with Gasteiger partial charge in [-0.25, -0.2) is 4.98 Å². The minimum absolute atomic E-state index is 0.0366. The van der Waals surface area contributed by atoms with Crippen molar-refractivity contribution in [2.75, 3.05) is 6.54 Å². The van der Waals surface area contributed by atoms with Gasteiger partial charge in [-0.05, 0) is 69.8 Å². The van der Waals surface area contributed by atoms with Crippen LogP contribution in [0.25, 0.3) is 22.3 Å². The number of nitrogens with zero attached hydrogens (tertiary/aromatic N) is 3. The minimum Gasteiger partial charge on any atom is -0.489 e. The molecule has 7 nitrogen and oxygen atoms in total. The van der Waals surface area contributed by atoms with Crippen LogP contribution in [0.5, 0.6) is 5.75 Å². The molecule has 41 heavy (non-hydrogen) atoms. The van der Waals surface area contributed by atoms with Crippen molar-refractivity contribution in [2.45, 2.75) is 77.6 Å². The zero-order chi connectivity index (χ0) is 28.8. The van der Waals surface area contributed by atoms with Crippen molar-refractivity contribution in [1.82, 2.24) is 14.5 Å². The Morgan fingerprint density at radius 3 is 2.46 bits per heavy atom. The highest BCUT2D eigenvalue weighted by Crippen LogP contribution is 2.25. The number of nitrogen functional groups attached to an aromatic ring is 1. The topological polar surface area (TPSA) is 97.2 Å². The second-order valence-corrected chi connectivity index (χ2v) is 11.3. The standard InChI is InChI=1S/C34H41N5O2/c1-24-11-9-12-25(2)38(24)19-7-4-8-20-39-31-22-29(41-23-26-13-5-3-6-14-26)17-18-30(31)37-32(34(39)40)27-15-10-16-28(21-27)33(35)36/h3,5-6,10,13-18,21-22,24-25H,4,7-9,11-12,19-20,23H2,1-2H3,(H3,35,36)/t24-,25+. The number of fused-ring (bicyclic) bond motifs is 1. The molecule has 2 atom stereocenters. The summed E-state index contributed by atoms with van der Waals surface area (Å²) in [7, 11) is 0. The summed E-state index contributed by atoms with van der Waals surface area (Å²) < 4.78 is 7.94. The highest BCUT2D eigenvalue weighted by Gasteiger charge is 2.23. The van der Waals surface area contributed by atoms with Crippen LogP contribution in [0.2, 0.25) is 0 Å². The first-order valence-electron chi connectivity index (χ1n) is 14.8. The van der Waals surface area contributed by atoms with Gasteiger partial charge in [-0.1, -0.05) is 61.4 Å². The van der Waals surface area contributed by atoms with Crippen LogP contribution in [0.15, 0.2) is 77.6 Å². The van der Waals surface area contributed by atoms with E-state index in [9.17, 15) is 4.79 Å². The number of aromatic nitrogens is 2. The smallest absolute Gasteiger partial charge is 0.277 e. The molecule has 0 amide bonds. The summed E-state index contributed by atoms with van der Waals surface area (Å²) in [5, 5.41) is 7.83. The van der Waals surface area contributed by atoms with E-state index in [4.69, 9.17) is 20.9 Å². The number of amidine groups is 1. The predicted octanol–water partition coefficient (Wildman–Crippen LogP) is 6.36. The van der Waals surface area contributed by atoms with Gasteiger partial charge in [0.05, 0.1) is 11.0 Å². The maximum atomic E-state index is 13.9. The largest absolute Gasteiger partial charge is 0.489 e. The molecule has 3 N–H and O–H groups in total. The molecule has 214 valence electrons. The molecule has 3 aromatic carbocycles. The van der Waals surface area contributed by atoms with Crippen molar-refractivity contribution in [3.05, 3.63) is 94.3 Å². The van der Waals surface area contributed by atoms with E-state index in [2.05, 4.69) is 18.7 Å². The molecule has 5 rings (SSSR count). The Balaban J connectivity index is 1.40. The minimum atomic E-state index is -0.142. The number of nitrogens with one attached hydrogen (secondary N) is 1. The molecule has 1 aliphatic rings. The number of rotatable bonds is 11. The third kappa shape index (κ3) is 6.85. The highest BCUT2D eigenvalue weighted by molar-refractivity contribution is 5.96. The predicted molar refractivity (Wildman–Crippen MR) is 167 cm³/mol. The van der Waals surface area contributed by atoms with E-state index < -0.39 is 0 Å². The van der Waals surface area contributed by atoms with Gasteiger partial charge < -0.3 is 15.0 Å². The molecule has 0 radical (unpaired) electrons. The SMILES string of the molecule is C[C@@H]1CCC[C@H](C)N1CCCCCn1c(=O)c(-c2cccc(C(=N)N)c2)nc2ccc(OCc3ccccc3)cc21. The molecule has 1 aromatic heterocycles. The van der Waals surface area contributed by atoms with Gasteiger partial charge in [0.1, 0.15) is 23.9 Å². The Morgan fingerprint density at radius 2 is 1.71 bits per heavy atom. The van der Waals surface area contributed by atoms with Crippen LogP contribution in [0.3, 0.4) is 0 Å². The number of unbranched alkanes of at least 4 members (excludes halogenated alkanes) is 2. The second-order valence-electron chi connectivity index (χ2n) is 11.3. The lowest BCUT2D eigenvalue weighted by Gasteiger charge is -2.39. The number of likely N-dealkylation sites (tertiary alicyclic amines) is 1. The van der Waals surface area contributed by atoms with Crippen molar-refractivity contribution in [3.63, 3.8) is 0 Å². The maximum absolute atomic E-state index is 13.9. The lowest BCUT2D eigenvalue weighted by atomic mass is 9.97. The zero-order valence-electron chi connectivity index (χ0n) is 24.2. The first-order valence-corrected chi connectivity index (χ1v) is 14.8. The molecule has 0 spiro atoms. The first-order chi connectivity index (χ1) is 19.9. The van der Waals surface area contributed by atoms with Gasteiger partial charge in [0, 0.05) is 35.8 Å². The molecule has 0 aliphatic carbocycles. The monoisotopic (exact) mass is 551 g/mol. The molecular weight excluding hydrogens is 510 g/mol. The number of aryl methyl sites for hydroxylation is 1. The Kier molecular flexibility index (Phi) is 9.14. The molecular formula is C34H41N5O2. The fourth-order valence-electron chi connectivity index (χ4n) is 5.95. The fourth-order valence-corrected chi connectivity index (χ4v) is 5.95. The van der Waals surface area contributed by atoms with Gasteiger partial charge in [0.25, 0.3) is 5.56 Å². The summed E-state index contributed by atoms with van der Waals surface area (Å²) in [4.78, 5) is 21.3. The van der Waals surface area contributed by atoms with Crippen molar-refractivity contribution in [3.8, 4) is 17.0 Å². The molecule has 1 saturated heterocycles. The van der Waals surface area contributed by atoms with E-state index >= 15 is 0 Å². The normalized spacial score (nSPS) is 17.5. The van der Waals surface area contributed by atoms with Crippen LogP contribution < -0.4 is 16.0 Å². The fraction of sp³-hybridized carbons (Fsp3) is 0.382. The van der Waals surface area contributed by atoms with Crippen LogP contribution >= 0.6 is 0 Å². The van der Waals surface area contributed by atoms with Crippen LogP contribution in [0.1, 0.15) is 63.5 Å². The van der Waals surface area contributed by atoms with Gasteiger partial charge >= 0.3 is 0 Å².